The number of fused-ring (bicyclic) bond motifs is 4. The minimum atomic E-state index is -4.78. The van der Waals surface area contributed by atoms with E-state index in [1.54, 1.807) is 24.3 Å². The van der Waals surface area contributed by atoms with Gasteiger partial charge in [-0.25, -0.2) is 4.98 Å². The highest BCUT2D eigenvalue weighted by Crippen LogP contribution is 2.28. The second kappa shape index (κ2) is 6.20. The van der Waals surface area contributed by atoms with Crippen molar-refractivity contribution in [3.05, 3.63) is 35.8 Å². The second-order valence-electron chi connectivity index (χ2n) is 6.21. The molecular weight excluding hydrogens is 407 g/mol. The molecule has 11 nitrogen and oxygen atoms in total. The molecule has 0 aliphatic heterocycles. The van der Waals surface area contributed by atoms with Crippen molar-refractivity contribution in [2.45, 2.75) is 12.6 Å². The molecule has 0 aliphatic carbocycles. The zero-order chi connectivity index (χ0) is 21.0. The Balaban J connectivity index is 1.82. The van der Waals surface area contributed by atoms with Crippen LogP contribution in [0.1, 0.15) is 11.5 Å². The molecule has 5 aromatic rings. The van der Waals surface area contributed by atoms with Gasteiger partial charge in [0, 0.05) is 0 Å². The van der Waals surface area contributed by atoms with Gasteiger partial charge >= 0.3 is 12.1 Å². The summed E-state index contributed by atoms with van der Waals surface area (Å²) in [6.45, 7) is 0. The normalized spacial score (nSPS) is 12.3. The van der Waals surface area contributed by atoms with E-state index in [1.807, 2.05) is 0 Å². The number of carbonyl (C=O) groups excluding carboxylic acids is 1. The van der Waals surface area contributed by atoms with E-state index in [0.29, 0.717) is 11.0 Å². The number of aromatic amines is 1. The van der Waals surface area contributed by atoms with Gasteiger partial charge in [0.1, 0.15) is 5.69 Å². The average Bonchev–Trinajstić information content (AvgIpc) is 3.41. The Labute approximate surface area is 163 Å². The van der Waals surface area contributed by atoms with Crippen LogP contribution in [0, 0.1) is 0 Å². The smallest absolute Gasteiger partial charge is 0.453 e. The van der Waals surface area contributed by atoms with Crippen LogP contribution in [-0.4, -0.2) is 57.6 Å². The van der Waals surface area contributed by atoms with Crippen LogP contribution in [0.15, 0.2) is 24.3 Å². The summed E-state index contributed by atoms with van der Waals surface area (Å²) in [6, 6.07) is 7.11. The molecule has 30 heavy (non-hydrogen) atoms. The Morgan fingerprint density at radius 3 is 2.70 bits per heavy atom. The maximum absolute atomic E-state index is 13.1. The number of rotatable bonds is 3. The quantitative estimate of drug-likeness (QED) is 0.437. The standard InChI is InChI=1S/C16H10F3N9O2/c1-30-10(29)6-9-11-12(28-15(24-23-11)22-13(26-28)16(17,18)19)27(25-9)14-20-7-4-2-3-5-8(7)21-14/h2-5H,6H2,1H3,(H,20,21). The number of H-pyrrole nitrogens is 1. The summed E-state index contributed by atoms with van der Waals surface area (Å²) in [5, 5.41) is 15.4. The molecule has 0 radical (unpaired) electrons. The molecule has 0 atom stereocenters. The van der Waals surface area contributed by atoms with Gasteiger partial charge < -0.3 is 9.72 Å². The minimum absolute atomic E-state index is 0.0148. The third-order valence-electron chi connectivity index (χ3n) is 4.31. The number of hydrogen-bond acceptors (Lipinski definition) is 8. The Bertz CT molecular complexity index is 1400. The van der Waals surface area contributed by atoms with Gasteiger partial charge in [-0.2, -0.15) is 32.5 Å². The van der Waals surface area contributed by atoms with Crippen LogP contribution in [0.4, 0.5) is 13.2 Å². The number of esters is 1. The van der Waals surface area contributed by atoms with Gasteiger partial charge in [-0.05, 0) is 12.1 Å². The number of carbonyl (C=O) groups is 1. The summed E-state index contributed by atoms with van der Waals surface area (Å²) in [7, 11) is 1.21. The summed E-state index contributed by atoms with van der Waals surface area (Å²) < 4.78 is 46.1. The van der Waals surface area contributed by atoms with Crippen molar-refractivity contribution in [1.29, 1.82) is 0 Å². The van der Waals surface area contributed by atoms with Gasteiger partial charge in [0.15, 0.2) is 11.2 Å². The van der Waals surface area contributed by atoms with Crippen molar-refractivity contribution < 1.29 is 22.7 Å². The molecule has 4 aromatic heterocycles. The Hall–Kier alpha value is -4.10. The SMILES string of the molecule is COC(=O)Cc1nn(-c2nc3ccccc3[nH]2)c2c1nnc1nc(C(F)(F)F)nn12. The fourth-order valence-electron chi connectivity index (χ4n) is 2.98. The van der Waals surface area contributed by atoms with Gasteiger partial charge in [0.2, 0.25) is 5.95 Å². The number of alkyl halides is 3. The molecular formula is C16H10F3N9O2. The summed E-state index contributed by atoms with van der Waals surface area (Å²) in [5.41, 5.74) is 1.50. The first kappa shape index (κ1) is 18.0. The summed E-state index contributed by atoms with van der Waals surface area (Å²) in [5.74, 6) is -2.17. The van der Waals surface area contributed by atoms with E-state index in [2.05, 4.69) is 40.1 Å². The average molecular weight is 417 g/mol. The van der Waals surface area contributed by atoms with Crippen molar-refractivity contribution >= 4 is 33.9 Å². The molecule has 152 valence electrons. The van der Waals surface area contributed by atoms with Crippen molar-refractivity contribution in [3.8, 4) is 5.95 Å². The van der Waals surface area contributed by atoms with Crippen LogP contribution in [0.25, 0.3) is 33.9 Å². The third kappa shape index (κ3) is 2.72. The number of nitrogens with zero attached hydrogens (tertiary/aromatic N) is 8. The van der Waals surface area contributed by atoms with E-state index in [-0.39, 0.29) is 35.0 Å². The van der Waals surface area contributed by atoms with Gasteiger partial charge in [-0.15, -0.1) is 15.3 Å². The van der Waals surface area contributed by atoms with Crippen molar-refractivity contribution in [3.63, 3.8) is 0 Å². The lowest BCUT2D eigenvalue weighted by Gasteiger charge is -1.99. The van der Waals surface area contributed by atoms with Crippen LogP contribution in [0.3, 0.4) is 0 Å². The molecule has 0 fully saturated rings. The zero-order valence-corrected chi connectivity index (χ0v) is 15.0. The van der Waals surface area contributed by atoms with Crippen LogP contribution in [0.5, 0.6) is 0 Å². The second-order valence-corrected chi connectivity index (χ2v) is 6.21. The molecule has 14 heteroatoms. The molecule has 1 N–H and O–H groups in total. The van der Waals surface area contributed by atoms with Crippen LogP contribution in [-0.2, 0) is 22.1 Å². The summed E-state index contributed by atoms with van der Waals surface area (Å²) in [4.78, 5) is 22.6. The number of benzene rings is 1. The van der Waals surface area contributed by atoms with E-state index < -0.39 is 18.0 Å². The van der Waals surface area contributed by atoms with Crippen LogP contribution >= 0.6 is 0 Å². The van der Waals surface area contributed by atoms with Crippen molar-refractivity contribution in [1.82, 2.24) is 44.5 Å². The van der Waals surface area contributed by atoms with Crippen molar-refractivity contribution in [2.24, 2.45) is 0 Å². The Kier molecular flexibility index (Phi) is 3.71. The topological polar surface area (TPSA) is 129 Å². The Morgan fingerprint density at radius 2 is 1.97 bits per heavy atom. The van der Waals surface area contributed by atoms with E-state index in [0.717, 1.165) is 4.52 Å². The number of methoxy groups -OCH3 is 1. The highest BCUT2D eigenvalue weighted by atomic mass is 19.4. The summed E-state index contributed by atoms with van der Waals surface area (Å²) in [6.07, 6.45) is -5.06. The third-order valence-corrected chi connectivity index (χ3v) is 4.31. The lowest BCUT2D eigenvalue weighted by molar-refractivity contribution is -0.144. The first-order chi connectivity index (χ1) is 14.3. The molecule has 0 aliphatic rings. The van der Waals surface area contributed by atoms with Crippen LogP contribution < -0.4 is 0 Å². The summed E-state index contributed by atoms with van der Waals surface area (Å²) >= 11 is 0. The van der Waals surface area contributed by atoms with Gasteiger partial charge in [-0.1, -0.05) is 12.1 Å². The molecule has 5 rings (SSSR count). The fourth-order valence-corrected chi connectivity index (χ4v) is 2.98. The first-order valence-corrected chi connectivity index (χ1v) is 8.45. The van der Waals surface area contributed by atoms with E-state index in [9.17, 15) is 18.0 Å². The number of hydrogen-bond donors (Lipinski definition) is 1. The largest absolute Gasteiger partial charge is 0.469 e. The highest BCUT2D eigenvalue weighted by molar-refractivity contribution is 5.83. The van der Waals surface area contributed by atoms with Gasteiger partial charge in [0.05, 0.1) is 24.6 Å². The lowest BCUT2D eigenvalue weighted by Crippen LogP contribution is -2.08. The highest BCUT2D eigenvalue weighted by Gasteiger charge is 2.37. The maximum Gasteiger partial charge on any atom is 0.453 e. The number of halogens is 3. The van der Waals surface area contributed by atoms with Crippen LogP contribution in [0.2, 0.25) is 0 Å². The number of para-hydroxylation sites is 2. The number of ether oxygens (including phenoxy) is 1. The molecule has 4 heterocycles. The predicted molar refractivity (Wildman–Crippen MR) is 93.6 cm³/mol. The first-order valence-electron chi connectivity index (χ1n) is 8.45. The number of nitrogens with one attached hydrogen (secondary N) is 1. The molecule has 0 saturated carbocycles. The van der Waals surface area contributed by atoms with E-state index in [4.69, 9.17) is 0 Å². The van der Waals surface area contributed by atoms with E-state index in [1.165, 1.54) is 11.8 Å². The Morgan fingerprint density at radius 1 is 1.17 bits per heavy atom. The molecule has 0 spiro atoms. The van der Waals surface area contributed by atoms with Gasteiger partial charge in [-0.3, -0.25) is 4.79 Å². The molecule has 1 aromatic carbocycles. The molecule has 0 saturated heterocycles. The fraction of sp³-hybridized carbons (Fsp3) is 0.188. The minimum Gasteiger partial charge on any atom is -0.469 e. The predicted octanol–water partition coefficient (Wildman–Crippen LogP) is 1.47. The molecule has 0 unspecified atom stereocenters. The van der Waals surface area contributed by atoms with Gasteiger partial charge in [0.25, 0.3) is 11.6 Å². The monoisotopic (exact) mass is 417 g/mol. The molecule has 0 bridgehead atoms. The number of aromatic nitrogens is 9. The van der Waals surface area contributed by atoms with Crippen molar-refractivity contribution in [2.75, 3.05) is 7.11 Å². The lowest BCUT2D eigenvalue weighted by atomic mass is 10.3. The van der Waals surface area contributed by atoms with E-state index >= 15 is 0 Å². The maximum atomic E-state index is 13.1. The zero-order valence-electron chi connectivity index (χ0n) is 15.0. The molecule has 0 amide bonds. The number of imidazole rings is 1.